The molecule has 0 saturated carbocycles. The third-order valence-electron chi connectivity index (χ3n) is 4.83. The number of carbonyl (C=O) groups excluding carboxylic acids is 2. The Kier molecular flexibility index (Phi) is 8.29. The van der Waals surface area contributed by atoms with Gasteiger partial charge in [-0.15, -0.1) is 0 Å². The number of primary amides is 1. The van der Waals surface area contributed by atoms with Crippen molar-refractivity contribution in [3.63, 3.8) is 0 Å². The summed E-state index contributed by atoms with van der Waals surface area (Å²) in [5.74, 6) is -0.0653. The molecule has 10 heteroatoms. The molecule has 0 aromatic heterocycles. The zero-order valence-electron chi connectivity index (χ0n) is 18.2. The predicted molar refractivity (Wildman–Crippen MR) is 133 cm³/mol. The van der Waals surface area contributed by atoms with Gasteiger partial charge in [-0.2, -0.15) is 0 Å². The van der Waals surface area contributed by atoms with Crippen LogP contribution in [0.5, 0.6) is 11.5 Å². The van der Waals surface area contributed by atoms with Crippen LogP contribution < -0.4 is 31.2 Å². The standard InChI is InChI=1S/C23H25BrN4O4S/c1-3-31-17-10-15(9-16(24)21(17)32-12-18(25)29)20-19(13(2)27-23(33)28-20)22(30)26-11-14-7-5-4-6-8-14/h4-10,20H,3,11-12H2,1-2H3,(H2,25,29)(H,26,30)(H2,27,28,33)/t20-/m1/s1. The highest BCUT2D eigenvalue weighted by atomic mass is 79.9. The molecular formula is C23H25BrN4O4S. The summed E-state index contributed by atoms with van der Waals surface area (Å²) >= 11 is 8.83. The lowest BCUT2D eigenvalue weighted by Crippen LogP contribution is -2.46. The first kappa shape index (κ1) is 24.5. The van der Waals surface area contributed by atoms with Gasteiger partial charge >= 0.3 is 0 Å². The topological polar surface area (TPSA) is 115 Å². The molecule has 2 aromatic carbocycles. The van der Waals surface area contributed by atoms with E-state index in [1.807, 2.05) is 37.3 Å². The highest BCUT2D eigenvalue weighted by Crippen LogP contribution is 2.40. The number of carbonyl (C=O) groups is 2. The van der Waals surface area contributed by atoms with E-state index in [1.165, 1.54) is 0 Å². The summed E-state index contributed by atoms with van der Waals surface area (Å²) in [4.78, 5) is 24.4. The monoisotopic (exact) mass is 532 g/mol. The second-order valence-electron chi connectivity index (χ2n) is 7.26. The van der Waals surface area contributed by atoms with Crippen molar-refractivity contribution in [2.75, 3.05) is 13.2 Å². The maximum Gasteiger partial charge on any atom is 0.255 e. The summed E-state index contributed by atoms with van der Waals surface area (Å²) in [6.07, 6.45) is 0. The molecule has 174 valence electrons. The van der Waals surface area contributed by atoms with Crippen molar-refractivity contribution in [3.8, 4) is 11.5 Å². The Balaban J connectivity index is 1.94. The van der Waals surface area contributed by atoms with Gasteiger partial charge in [0, 0.05) is 12.2 Å². The molecule has 0 saturated heterocycles. The fourth-order valence-electron chi connectivity index (χ4n) is 3.42. The minimum Gasteiger partial charge on any atom is -0.490 e. The minimum absolute atomic E-state index is 0.230. The van der Waals surface area contributed by atoms with Crippen LogP contribution in [0.1, 0.15) is 31.0 Å². The smallest absolute Gasteiger partial charge is 0.255 e. The van der Waals surface area contributed by atoms with E-state index in [2.05, 4.69) is 31.9 Å². The molecule has 2 aromatic rings. The van der Waals surface area contributed by atoms with Crippen LogP contribution in [0.15, 0.2) is 58.2 Å². The maximum atomic E-state index is 13.2. The summed E-state index contributed by atoms with van der Waals surface area (Å²) in [5, 5.41) is 9.57. The van der Waals surface area contributed by atoms with E-state index in [4.69, 9.17) is 27.4 Å². The Bertz CT molecular complexity index is 1090. The third-order valence-corrected chi connectivity index (χ3v) is 5.64. The highest BCUT2D eigenvalue weighted by Gasteiger charge is 2.31. The van der Waals surface area contributed by atoms with Crippen molar-refractivity contribution >= 4 is 45.1 Å². The van der Waals surface area contributed by atoms with Gasteiger partial charge < -0.3 is 31.2 Å². The van der Waals surface area contributed by atoms with Gasteiger partial charge in [0.15, 0.2) is 23.2 Å². The summed E-state index contributed by atoms with van der Waals surface area (Å²) < 4.78 is 11.8. The quantitative estimate of drug-likeness (QED) is 0.367. The number of nitrogens with one attached hydrogen (secondary N) is 3. The van der Waals surface area contributed by atoms with Crippen molar-refractivity contribution in [3.05, 3.63) is 69.3 Å². The van der Waals surface area contributed by atoms with Crippen molar-refractivity contribution in [1.82, 2.24) is 16.0 Å². The Hall–Kier alpha value is -3.11. The fourth-order valence-corrected chi connectivity index (χ4v) is 4.26. The average molecular weight is 533 g/mol. The first-order chi connectivity index (χ1) is 15.8. The van der Waals surface area contributed by atoms with E-state index < -0.39 is 11.9 Å². The molecular weight excluding hydrogens is 508 g/mol. The number of hydrogen-bond acceptors (Lipinski definition) is 5. The first-order valence-electron chi connectivity index (χ1n) is 10.3. The van der Waals surface area contributed by atoms with Gasteiger partial charge in [-0.1, -0.05) is 30.3 Å². The molecule has 1 atom stereocenters. The third kappa shape index (κ3) is 6.23. The molecule has 3 rings (SSSR count). The van der Waals surface area contributed by atoms with Gasteiger partial charge in [-0.05, 0) is 65.3 Å². The molecule has 33 heavy (non-hydrogen) atoms. The van der Waals surface area contributed by atoms with E-state index in [0.717, 1.165) is 11.1 Å². The number of allylic oxidation sites excluding steroid dienone is 1. The Morgan fingerprint density at radius 3 is 2.61 bits per heavy atom. The van der Waals surface area contributed by atoms with Crippen LogP contribution in [0.2, 0.25) is 0 Å². The molecule has 1 heterocycles. The highest BCUT2D eigenvalue weighted by molar-refractivity contribution is 9.10. The minimum atomic E-state index is -0.602. The number of nitrogens with two attached hydrogens (primary N) is 1. The summed E-state index contributed by atoms with van der Waals surface area (Å²) in [5.41, 5.74) is 8.08. The van der Waals surface area contributed by atoms with Crippen LogP contribution in [-0.2, 0) is 16.1 Å². The average Bonchev–Trinajstić information content (AvgIpc) is 2.77. The predicted octanol–water partition coefficient (Wildman–Crippen LogP) is 2.82. The Labute approximate surface area is 206 Å². The van der Waals surface area contributed by atoms with Gasteiger partial charge in [0.05, 0.1) is 22.7 Å². The number of ether oxygens (including phenoxy) is 2. The zero-order valence-corrected chi connectivity index (χ0v) is 20.6. The summed E-state index contributed by atoms with van der Waals surface area (Å²) in [6, 6.07) is 12.7. The summed E-state index contributed by atoms with van der Waals surface area (Å²) in [6.45, 7) is 4.12. The van der Waals surface area contributed by atoms with E-state index in [0.29, 0.717) is 45.5 Å². The van der Waals surface area contributed by atoms with Gasteiger partial charge in [0.25, 0.3) is 11.8 Å². The zero-order chi connectivity index (χ0) is 24.0. The molecule has 8 nitrogen and oxygen atoms in total. The van der Waals surface area contributed by atoms with Crippen molar-refractivity contribution in [2.24, 2.45) is 5.73 Å². The SMILES string of the molecule is CCOc1cc([C@H]2NC(=S)NC(C)=C2C(=O)NCc2ccccc2)cc(Br)c1OCC(N)=O. The van der Waals surface area contributed by atoms with E-state index in [-0.39, 0.29) is 12.5 Å². The van der Waals surface area contributed by atoms with Crippen LogP contribution in [0, 0.1) is 0 Å². The van der Waals surface area contributed by atoms with Crippen molar-refractivity contribution in [2.45, 2.75) is 26.4 Å². The largest absolute Gasteiger partial charge is 0.490 e. The van der Waals surface area contributed by atoms with E-state index >= 15 is 0 Å². The van der Waals surface area contributed by atoms with Gasteiger partial charge in [0.2, 0.25) is 0 Å². The molecule has 0 unspecified atom stereocenters. The normalized spacial score (nSPS) is 15.4. The number of amides is 2. The molecule has 0 aliphatic carbocycles. The van der Waals surface area contributed by atoms with Gasteiger partial charge in [-0.3, -0.25) is 9.59 Å². The lowest BCUT2D eigenvalue weighted by Gasteiger charge is -2.31. The fraction of sp³-hybridized carbons (Fsp3) is 0.261. The van der Waals surface area contributed by atoms with Crippen molar-refractivity contribution in [1.29, 1.82) is 0 Å². The molecule has 2 amide bonds. The maximum absolute atomic E-state index is 13.2. The molecule has 5 N–H and O–H groups in total. The van der Waals surface area contributed by atoms with Crippen molar-refractivity contribution < 1.29 is 19.1 Å². The van der Waals surface area contributed by atoms with Crippen LogP contribution in [-0.4, -0.2) is 30.1 Å². The van der Waals surface area contributed by atoms with Crippen LogP contribution >= 0.6 is 28.1 Å². The lowest BCUT2D eigenvalue weighted by atomic mass is 9.94. The van der Waals surface area contributed by atoms with Gasteiger partial charge in [-0.25, -0.2) is 0 Å². The number of rotatable bonds is 9. The number of halogens is 1. The molecule has 0 fully saturated rings. The summed E-state index contributed by atoms with van der Waals surface area (Å²) in [7, 11) is 0. The molecule has 1 aliphatic rings. The number of hydrogen-bond donors (Lipinski definition) is 4. The lowest BCUT2D eigenvalue weighted by molar-refractivity contribution is -0.120. The molecule has 0 bridgehead atoms. The second-order valence-corrected chi connectivity index (χ2v) is 8.52. The second kappa shape index (κ2) is 11.2. The molecule has 1 aliphatic heterocycles. The Morgan fingerprint density at radius 2 is 1.94 bits per heavy atom. The van der Waals surface area contributed by atoms with Gasteiger partial charge in [0.1, 0.15) is 0 Å². The van der Waals surface area contributed by atoms with Crippen LogP contribution in [0.25, 0.3) is 0 Å². The van der Waals surface area contributed by atoms with Crippen LogP contribution in [0.3, 0.4) is 0 Å². The van der Waals surface area contributed by atoms with Crippen LogP contribution in [0.4, 0.5) is 0 Å². The van der Waals surface area contributed by atoms with E-state index in [9.17, 15) is 9.59 Å². The Morgan fingerprint density at radius 1 is 1.21 bits per heavy atom. The number of benzene rings is 2. The number of thiocarbonyl (C=S) groups is 1. The van der Waals surface area contributed by atoms with E-state index in [1.54, 1.807) is 19.1 Å². The first-order valence-corrected chi connectivity index (χ1v) is 11.5. The molecule has 0 radical (unpaired) electrons. The molecule has 0 spiro atoms.